The molecule has 0 rings (SSSR count). The van der Waals surface area contributed by atoms with Crippen molar-refractivity contribution in [3.05, 3.63) is 0 Å². The van der Waals surface area contributed by atoms with Crippen LogP contribution in [0.5, 0.6) is 0 Å². The highest BCUT2D eigenvalue weighted by Gasteiger charge is 2.32. The smallest absolute Gasteiger partial charge is 0.325 e. The number of carbonyl (C=O) groups is 5. The first-order valence-corrected chi connectivity index (χ1v) is 9.62. The van der Waals surface area contributed by atoms with Gasteiger partial charge in [-0.2, -0.15) is 0 Å². The molecule has 0 fully saturated rings. The Morgan fingerprint density at radius 1 is 0.900 bits per heavy atom. The molecule has 12 heteroatoms. The zero-order chi connectivity index (χ0) is 23.6. The quantitative estimate of drug-likeness (QED) is 0.166. The summed E-state index contributed by atoms with van der Waals surface area (Å²) >= 11 is 0. The Kier molecular flexibility index (Phi) is 11.6. The number of nitrogens with one attached hydrogen (secondary N) is 3. The second kappa shape index (κ2) is 12.8. The van der Waals surface area contributed by atoms with Crippen LogP contribution < -0.4 is 27.4 Å². The molecule has 0 bridgehead atoms. The highest BCUT2D eigenvalue weighted by molar-refractivity contribution is 5.94. The highest BCUT2D eigenvalue weighted by Crippen LogP contribution is 2.07. The van der Waals surface area contributed by atoms with Crippen molar-refractivity contribution in [1.82, 2.24) is 16.0 Å². The lowest BCUT2D eigenvalue weighted by Gasteiger charge is -2.26. The standard InChI is InChI=1S/C18H33N5O7/c1-8(2)7-12(22-15(26)11(19)5-6-13(20)25)16(27)23-14(10(4)24)17(28)21-9(3)18(29)30/h8-12,14,24H,5-7,19H2,1-4H3,(H2,20,25)(H,21,28)(H,22,26)(H,23,27)(H,29,30). The summed E-state index contributed by atoms with van der Waals surface area (Å²) in [6.45, 7) is 6.11. The van der Waals surface area contributed by atoms with Crippen LogP contribution in [0, 0.1) is 5.92 Å². The van der Waals surface area contributed by atoms with Gasteiger partial charge in [0.2, 0.25) is 23.6 Å². The third-order valence-electron chi connectivity index (χ3n) is 4.17. The summed E-state index contributed by atoms with van der Waals surface area (Å²) in [6, 6.07) is -4.80. The van der Waals surface area contributed by atoms with Crippen LogP contribution in [0.15, 0.2) is 0 Å². The van der Waals surface area contributed by atoms with Crippen molar-refractivity contribution in [1.29, 1.82) is 0 Å². The number of rotatable bonds is 13. The summed E-state index contributed by atoms with van der Waals surface area (Å²) in [5, 5.41) is 25.7. The van der Waals surface area contributed by atoms with E-state index in [1.54, 1.807) is 0 Å². The van der Waals surface area contributed by atoms with Crippen molar-refractivity contribution in [3.63, 3.8) is 0 Å². The molecule has 30 heavy (non-hydrogen) atoms. The van der Waals surface area contributed by atoms with E-state index in [2.05, 4.69) is 16.0 Å². The number of carbonyl (C=O) groups excluding carboxylic acids is 4. The summed E-state index contributed by atoms with van der Waals surface area (Å²) in [4.78, 5) is 59.0. The number of carboxylic acids is 1. The number of hydrogen-bond acceptors (Lipinski definition) is 7. The van der Waals surface area contributed by atoms with E-state index in [4.69, 9.17) is 16.6 Å². The van der Waals surface area contributed by atoms with Crippen LogP contribution in [0.2, 0.25) is 0 Å². The van der Waals surface area contributed by atoms with E-state index in [0.29, 0.717) is 0 Å². The van der Waals surface area contributed by atoms with Crippen LogP contribution >= 0.6 is 0 Å². The summed E-state index contributed by atoms with van der Waals surface area (Å²) in [6.07, 6.45) is -1.21. The molecule has 0 aliphatic rings. The molecule has 172 valence electrons. The lowest BCUT2D eigenvalue weighted by Crippen LogP contribution is -2.59. The lowest BCUT2D eigenvalue weighted by molar-refractivity contribution is -0.142. The molecule has 0 saturated carbocycles. The van der Waals surface area contributed by atoms with E-state index in [0.717, 1.165) is 0 Å². The van der Waals surface area contributed by atoms with E-state index < -0.39 is 59.9 Å². The van der Waals surface area contributed by atoms with Gasteiger partial charge in [-0.15, -0.1) is 0 Å². The monoisotopic (exact) mass is 431 g/mol. The van der Waals surface area contributed by atoms with Crippen LogP contribution in [-0.2, 0) is 24.0 Å². The van der Waals surface area contributed by atoms with E-state index >= 15 is 0 Å². The predicted octanol–water partition coefficient (Wildman–Crippen LogP) is -2.43. The second-order valence-corrected chi connectivity index (χ2v) is 7.60. The molecule has 0 aliphatic carbocycles. The highest BCUT2D eigenvalue weighted by atomic mass is 16.4. The minimum atomic E-state index is -1.44. The zero-order valence-electron chi connectivity index (χ0n) is 17.7. The van der Waals surface area contributed by atoms with Gasteiger partial charge >= 0.3 is 5.97 Å². The Labute approximate surface area is 175 Å². The molecule has 0 spiro atoms. The van der Waals surface area contributed by atoms with Crippen LogP contribution in [-0.4, -0.2) is 70.1 Å². The maximum atomic E-state index is 12.7. The average Bonchev–Trinajstić information content (AvgIpc) is 2.62. The van der Waals surface area contributed by atoms with Gasteiger partial charge in [-0.3, -0.25) is 24.0 Å². The number of primary amides is 1. The van der Waals surface area contributed by atoms with E-state index in [-0.39, 0.29) is 25.2 Å². The fourth-order valence-electron chi connectivity index (χ4n) is 2.43. The molecule has 0 aliphatic heterocycles. The number of carboxylic acid groups (broad SMARTS) is 1. The predicted molar refractivity (Wildman–Crippen MR) is 107 cm³/mol. The molecular formula is C18H33N5O7. The molecule has 0 heterocycles. The van der Waals surface area contributed by atoms with Gasteiger partial charge in [-0.1, -0.05) is 13.8 Å². The number of amides is 4. The number of aliphatic hydroxyl groups is 1. The topological polar surface area (TPSA) is 214 Å². The van der Waals surface area contributed by atoms with Gasteiger partial charge < -0.3 is 37.6 Å². The largest absolute Gasteiger partial charge is 0.480 e. The Hall–Kier alpha value is -2.73. The van der Waals surface area contributed by atoms with Gasteiger partial charge in [-0.05, 0) is 32.6 Å². The van der Waals surface area contributed by atoms with Gasteiger partial charge in [0.25, 0.3) is 0 Å². The molecule has 5 atom stereocenters. The van der Waals surface area contributed by atoms with Crippen LogP contribution in [0.1, 0.15) is 47.0 Å². The maximum absolute atomic E-state index is 12.7. The van der Waals surface area contributed by atoms with Crippen molar-refractivity contribution < 1.29 is 34.2 Å². The molecule has 9 N–H and O–H groups in total. The van der Waals surface area contributed by atoms with Gasteiger partial charge in [-0.25, -0.2) is 0 Å². The number of nitrogens with two attached hydrogens (primary N) is 2. The summed E-state index contributed by atoms with van der Waals surface area (Å²) in [7, 11) is 0. The second-order valence-electron chi connectivity index (χ2n) is 7.60. The third kappa shape index (κ3) is 10.2. The summed E-state index contributed by atoms with van der Waals surface area (Å²) in [5.74, 6) is -4.22. The zero-order valence-corrected chi connectivity index (χ0v) is 17.7. The molecule has 0 radical (unpaired) electrons. The summed E-state index contributed by atoms with van der Waals surface area (Å²) in [5.41, 5.74) is 10.7. The normalized spacial score (nSPS) is 16.0. The number of aliphatic hydroxyl groups excluding tert-OH is 1. The molecule has 0 aromatic heterocycles. The van der Waals surface area contributed by atoms with Gasteiger partial charge in [0.05, 0.1) is 12.1 Å². The molecular weight excluding hydrogens is 398 g/mol. The first kappa shape index (κ1) is 27.3. The minimum absolute atomic E-state index is 0.00294. The van der Waals surface area contributed by atoms with Crippen molar-refractivity contribution >= 4 is 29.6 Å². The Bertz CT molecular complexity index is 638. The van der Waals surface area contributed by atoms with Gasteiger partial charge in [0, 0.05) is 6.42 Å². The van der Waals surface area contributed by atoms with E-state index in [1.165, 1.54) is 13.8 Å². The number of aliphatic carboxylic acids is 1. The van der Waals surface area contributed by atoms with E-state index in [1.807, 2.05) is 13.8 Å². The molecule has 5 unspecified atom stereocenters. The fraction of sp³-hybridized carbons (Fsp3) is 0.722. The molecule has 12 nitrogen and oxygen atoms in total. The SMILES string of the molecule is CC(C)CC(NC(=O)C(N)CCC(N)=O)C(=O)NC(C(=O)NC(C)C(=O)O)C(C)O. The lowest BCUT2D eigenvalue weighted by atomic mass is 10.0. The van der Waals surface area contributed by atoms with Crippen molar-refractivity contribution in [2.45, 2.75) is 77.2 Å². The first-order chi connectivity index (χ1) is 13.8. The Balaban J connectivity index is 5.25. The van der Waals surface area contributed by atoms with Gasteiger partial charge in [0.1, 0.15) is 18.1 Å². The first-order valence-electron chi connectivity index (χ1n) is 9.62. The van der Waals surface area contributed by atoms with E-state index in [9.17, 15) is 29.1 Å². The molecule has 0 aromatic carbocycles. The maximum Gasteiger partial charge on any atom is 0.325 e. The van der Waals surface area contributed by atoms with Crippen molar-refractivity contribution in [2.24, 2.45) is 17.4 Å². The fourth-order valence-corrected chi connectivity index (χ4v) is 2.43. The number of hydrogen-bond donors (Lipinski definition) is 7. The molecule has 0 saturated heterocycles. The van der Waals surface area contributed by atoms with Crippen LogP contribution in [0.25, 0.3) is 0 Å². The molecule has 0 aromatic rings. The third-order valence-corrected chi connectivity index (χ3v) is 4.17. The average molecular weight is 431 g/mol. The molecule has 4 amide bonds. The van der Waals surface area contributed by atoms with Crippen LogP contribution in [0.3, 0.4) is 0 Å². The van der Waals surface area contributed by atoms with Gasteiger partial charge in [0.15, 0.2) is 0 Å². The Morgan fingerprint density at radius 2 is 1.47 bits per heavy atom. The van der Waals surface area contributed by atoms with Crippen molar-refractivity contribution in [2.75, 3.05) is 0 Å². The van der Waals surface area contributed by atoms with Crippen molar-refractivity contribution in [3.8, 4) is 0 Å². The summed E-state index contributed by atoms with van der Waals surface area (Å²) < 4.78 is 0. The Morgan fingerprint density at radius 3 is 1.90 bits per heavy atom. The minimum Gasteiger partial charge on any atom is -0.480 e. The van der Waals surface area contributed by atoms with Crippen LogP contribution in [0.4, 0.5) is 0 Å².